The van der Waals surface area contributed by atoms with Crippen LogP contribution in [0.4, 0.5) is 0 Å². The molecule has 2 atom stereocenters. The van der Waals surface area contributed by atoms with Gasteiger partial charge in [0.2, 0.25) is 0 Å². The van der Waals surface area contributed by atoms with Gasteiger partial charge in [-0.3, -0.25) is 0 Å². The van der Waals surface area contributed by atoms with Crippen molar-refractivity contribution < 1.29 is 9.47 Å². The molecule has 0 spiro atoms. The molecule has 2 aliphatic rings. The van der Waals surface area contributed by atoms with Crippen molar-refractivity contribution >= 4 is 0 Å². The summed E-state index contributed by atoms with van der Waals surface area (Å²) in [4.78, 5) is 0. The average Bonchev–Trinajstić information content (AvgIpc) is 2.35. The first-order chi connectivity index (χ1) is 8.74. The molecule has 0 aromatic rings. The minimum atomic E-state index is 0.352. The maximum atomic E-state index is 5.97. The van der Waals surface area contributed by atoms with Gasteiger partial charge in [-0.2, -0.15) is 0 Å². The van der Waals surface area contributed by atoms with E-state index in [2.05, 4.69) is 19.2 Å². The first-order valence-electron chi connectivity index (χ1n) is 7.74. The van der Waals surface area contributed by atoms with Crippen LogP contribution in [0, 0.1) is 0 Å². The summed E-state index contributed by atoms with van der Waals surface area (Å²) >= 11 is 0. The maximum absolute atomic E-state index is 5.97. The molecule has 1 aliphatic heterocycles. The predicted molar refractivity (Wildman–Crippen MR) is 73.9 cm³/mol. The van der Waals surface area contributed by atoms with E-state index >= 15 is 0 Å². The Bertz CT molecular complexity index is 219. The Kier molecular flexibility index (Phi) is 5.93. The van der Waals surface area contributed by atoms with E-state index < -0.39 is 0 Å². The second-order valence-corrected chi connectivity index (χ2v) is 6.01. The summed E-state index contributed by atoms with van der Waals surface area (Å²) in [5.74, 6) is 0. The summed E-state index contributed by atoms with van der Waals surface area (Å²) < 4.78 is 11.7. The molecule has 0 amide bonds. The van der Waals surface area contributed by atoms with E-state index in [0.29, 0.717) is 18.3 Å². The van der Waals surface area contributed by atoms with Gasteiger partial charge in [0.25, 0.3) is 0 Å². The van der Waals surface area contributed by atoms with Crippen molar-refractivity contribution in [1.29, 1.82) is 0 Å². The quantitative estimate of drug-likeness (QED) is 0.766. The second kappa shape index (κ2) is 7.46. The molecule has 106 valence electrons. The highest BCUT2D eigenvalue weighted by atomic mass is 16.5. The van der Waals surface area contributed by atoms with Crippen LogP contribution in [0.3, 0.4) is 0 Å². The average molecular weight is 255 g/mol. The highest BCUT2D eigenvalue weighted by Gasteiger charge is 2.24. The third kappa shape index (κ3) is 4.87. The van der Waals surface area contributed by atoms with Crippen molar-refractivity contribution in [3.05, 3.63) is 0 Å². The van der Waals surface area contributed by atoms with Crippen LogP contribution in [-0.4, -0.2) is 37.5 Å². The van der Waals surface area contributed by atoms with Gasteiger partial charge < -0.3 is 14.8 Å². The van der Waals surface area contributed by atoms with Crippen LogP contribution in [0.1, 0.15) is 58.8 Å². The Hall–Kier alpha value is -0.120. The molecule has 3 heteroatoms. The van der Waals surface area contributed by atoms with Crippen LogP contribution >= 0.6 is 0 Å². The zero-order valence-corrected chi connectivity index (χ0v) is 12.0. The molecule has 0 aromatic heterocycles. The molecule has 2 fully saturated rings. The molecule has 0 aromatic carbocycles. The van der Waals surface area contributed by atoms with Crippen LogP contribution in [0.25, 0.3) is 0 Å². The van der Waals surface area contributed by atoms with Crippen molar-refractivity contribution in [2.24, 2.45) is 0 Å². The summed E-state index contributed by atoms with van der Waals surface area (Å²) in [6.07, 6.45) is 10.1. The normalized spacial score (nSPS) is 34.7. The molecule has 18 heavy (non-hydrogen) atoms. The van der Waals surface area contributed by atoms with Crippen LogP contribution < -0.4 is 5.32 Å². The van der Waals surface area contributed by atoms with Gasteiger partial charge in [0.05, 0.1) is 24.9 Å². The molecular weight excluding hydrogens is 226 g/mol. The molecule has 2 rings (SSSR count). The summed E-state index contributed by atoms with van der Waals surface area (Å²) in [7, 11) is 0. The Morgan fingerprint density at radius 2 is 1.72 bits per heavy atom. The number of ether oxygens (including phenoxy) is 2. The van der Waals surface area contributed by atoms with E-state index in [1.807, 2.05) is 0 Å². The standard InChI is InChI=1S/C15H29NO2/c1-12-10-15(11-13(2)18-12)17-9-8-16-14-6-4-3-5-7-14/h12-16H,3-11H2,1-2H3. The van der Waals surface area contributed by atoms with Crippen LogP contribution in [-0.2, 0) is 9.47 Å². The van der Waals surface area contributed by atoms with Crippen molar-refractivity contribution in [2.75, 3.05) is 13.2 Å². The molecule has 1 heterocycles. The Labute approximate surface area is 112 Å². The molecule has 0 radical (unpaired) electrons. The number of hydrogen-bond acceptors (Lipinski definition) is 3. The van der Waals surface area contributed by atoms with E-state index in [1.165, 1.54) is 32.1 Å². The summed E-state index contributed by atoms with van der Waals surface area (Å²) in [6.45, 7) is 6.14. The molecule has 1 saturated carbocycles. The molecule has 1 aliphatic carbocycles. The predicted octanol–water partition coefficient (Wildman–Crippen LogP) is 2.88. The first-order valence-corrected chi connectivity index (χ1v) is 7.74. The lowest BCUT2D eigenvalue weighted by molar-refractivity contribution is -0.101. The highest BCUT2D eigenvalue weighted by molar-refractivity contribution is 4.74. The fraction of sp³-hybridized carbons (Fsp3) is 1.00. The molecule has 0 bridgehead atoms. The first kappa shape index (κ1) is 14.3. The lowest BCUT2D eigenvalue weighted by Crippen LogP contribution is -2.37. The van der Waals surface area contributed by atoms with Gasteiger partial charge in [-0.25, -0.2) is 0 Å². The fourth-order valence-electron chi connectivity index (χ4n) is 3.28. The fourth-order valence-corrected chi connectivity index (χ4v) is 3.28. The number of nitrogens with one attached hydrogen (secondary N) is 1. The minimum absolute atomic E-state index is 0.352. The maximum Gasteiger partial charge on any atom is 0.0625 e. The van der Waals surface area contributed by atoms with Gasteiger partial charge in [-0.1, -0.05) is 19.3 Å². The highest BCUT2D eigenvalue weighted by Crippen LogP contribution is 2.21. The smallest absolute Gasteiger partial charge is 0.0625 e. The molecular formula is C15H29NO2. The summed E-state index contributed by atoms with van der Waals surface area (Å²) in [5.41, 5.74) is 0. The monoisotopic (exact) mass is 255 g/mol. The van der Waals surface area contributed by atoms with Crippen molar-refractivity contribution in [3.63, 3.8) is 0 Å². The second-order valence-electron chi connectivity index (χ2n) is 6.01. The zero-order valence-electron chi connectivity index (χ0n) is 12.0. The van der Waals surface area contributed by atoms with Crippen molar-refractivity contribution in [1.82, 2.24) is 5.32 Å². The largest absolute Gasteiger partial charge is 0.377 e. The van der Waals surface area contributed by atoms with E-state index in [-0.39, 0.29) is 0 Å². The molecule has 2 unspecified atom stereocenters. The Morgan fingerprint density at radius 3 is 2.39 bits per heavy atom. The Balaban J connectivity index is 1.54. The van der Waals surface area contributed by atoms with Gasteiger partial charge in [0.15, 0.2) is 0 Å². The van der Waals surface area contributed by atoms with Crippen LogP contribution in [0.5, 0.6) is 0 Å². The van der Waals surface area contributed by atoms with Crippen LogP contribution in [0.15, 0.2) is 0 Å². The molecule has 3 nitrogen and oxygen atoms in total. The Morgan fingerprint density at radius 1 is 1.06 bits per heavy atom. The van der Waals surface area contributed by atoms with Gasteiger partial charge >= 0.3 is 0 Å². The molecule has 1 N–H and O–H groups in total. The summed E-state index contributed by atoms with van der Waals surface area (Å²) in [5, 5.41) is 3.63. The van der Waals surface area contributed by atoms with E-state index in [9.17, 15) is 0 Å². The van der Waals surface area contributed by atoms with Crippen molar-refractivity contribution in [2.45, 2.75) is 83.1 Å². The van der Waals surface area contributed by atoms with Crippen molar-refractivity contribution in [3.8, 4) is 0 Å². The van der Waals surface area contributed by atoms with E-state index in [0.717, 1.165) is 32.0 Å². The summed E-state index contributed by atoms with van der Waals surface area (Å²) in [6, 6.07) is 0.745. The lowest BCUT2D eigenvalue weighted by atomic mass is 9.96. The third-order valence-electron chi connectivity index (χ3n) is 4.15. The van der Waals surface area contributed by atoms with Gasteiger partial charge in [-0.05, 0) is 39.5 Å². The molecule has 1 saturated heterocycles. The van der Waals surface area contributed by atoms with Crippen LogP contribution in [0.2, 0.25) is 0 Å². The van der Waals surface area contributed by atoms with E-state index in [4.69, 9.17) is 9.47 Å². The zero-order chi connectivity index (χ0) is 12.8. The van der Waals surface area contributed by atoms with Gasteiger partial charge in [0.1, 0.15) is 0 Å². The van der Waals surface area contributed by atoms with Gasteiger partial charge in [0, 0.05) is 12.6 Å². The third-order valence-corrected chi connectivity index (χ3v) is 4.15. The topological polar surface area (TPSA) is 30.5 Å². The number of hydrogen-bond donors (Lipinski definition) is 1. The van der Waals surface area contributed by atoms with Gasteiger partial charge in [-0.15, -0.1) is 0 Å². The van der Waals surface area contributed by atoms with E-state index in [1.54, 1.807) is 0 Å². The minimum Gasteiger partial charge on any atom is -0.377 e. The number of rotatable bonds is 5. The SMILES string of the molecule is CC1CC(OCCNC2CCCCC2)CC(C)O1. The lowest BCUT2D eigenvalue weighted by Gasteiger charge is -2.32.